The highest BCUT2D eigenvalue weighted by Crippen LogP contribution is 2.55. The van der Waals surface area contributed by atoms with Crippen molar-refractivity contribution in [2.45, 2.75) is 38.8 Å². The number of non-ortho nitro benzene ring substituents is 1. The molecule has 0 radical (unpaired) electrons. The third kappa shape index (κ3) is 1.97. The molecule has 5 nitrogen and oxygen atoms in total. The quantitative estimate of drug-likeness (QED) is 0.550. The number of hydrogen-bond acceptors (Lipinski definition) is 4. The van der Waals surface area contributed by atoms with Gasteiger partial charge in [0, 0.05) is 30.4 Å². The van der Waals surface area contributed by atoms with Crippen LogP contribution >= 0.6 is 0 Å². The maximum atomic E-state index is 11.0. The molecule has 2 aliphatic heterocycles. The summed E-state index contributed by atoms with van der Waals surface area (Å²) in [5, 5.41) is 11.0. The lowest BCUT2D eigenvalue weighted by atomic mass is 9.76. The zero-order chi connectivity index (χ0) is 18.9. The Morgan fingerprint density at radius 1 is 1.15 bits per heavy atom. The number of aryl methyl sites for hydroxylation is 2. The number of anilines is 1. The minimum absolute atomic E-state index is 0.0711. The monoisotopic (exact) mass is 350 g/mol. The van der Waals surface area contributed by atoms with Gasteiger partial charge in [-0.05, 0) is 57.0 Å². The summed E-state index contributed by atoms with van der Waals surface area (Å²) in [6.07, 6.45) is 3.98. The molecular formula is C21H22N2O3. The van der Waals surface area contributed by atoms with Crippen LogP contribution in [0.5, 0.6) is 5.75 Å². The second-order valence-electron chi connectivity index (χ2n) is 7.77. The number of fused-ring (bicyclic) bond motifs is 2. The summed E-state index contributed by atoms with van der Waals surface area (Å²) >= 11 is 0. The van der Waals surface area contributed by atoms with Crippen LogP contribution < -0.4 is 9.64 Å². The van der Waals surface area contributed by atoms with Gasteiger partial charge in [0.25, 0.3) is 5.69 Å². The Morgan fingerprint density at radius 3 is 2.58 bits per heavy atom. The fourth-order valence-electron chi connectivity index (χ4n) is 4.45. The zero-order valence-electron chi connectivity index (χ0n) is 15.7. The highest BCUT2D eigenvalue weighted by Gasteiger charge is 2.58. The number of nitro benzene ring substituents is 1. The first-order chi connectivity index (χ1) is 12.2. The van der Waals surface area contributed by atoms with E-state index in [4.69, 9.17) is 4.74 Å². The van der Waals surface area contributed by atoms with Gasteiger partial charge in [-0.1, -0.05) is 17.7 Å². The highest BCUT2D eigenvalue weighted by molar-refractivity contribution is 5.75. The molecule has 0 N–H and O–H groups in total. The van der Waals surface area contributed by atoms with E-state index in [2.05, 4.69) is 51.8 Å². The Morgan fingerprint density at radius 2 is 1.88 bits per heavy atom. The van der Waals surface area contributed by atoms with Crippen LogP contribution in [0.1, 0.15) is 36.1 Å². The first-order valence-electron chi connectivity index (χ1n) is 8.69. The van der Waals surface area contributed by atoms with Gasteiger partial charge in [-0.25, -0.2) is 0 Å². The Kier molecular flexibility index (Phi) is 3.26. The SMILES string of the molecule is Cc1cc(C)c2c(c1)C(C)(C)C1(C=Cc3cc([N+](=O)[O-])ccc3O1)N2C. The van der Waals surface area contributed by atoms with Crippen LogP contribution in [0.2, 0.25) is 0 Å². The second-order valence-corrected chi connectivity index (χ2v) is 7.77. The lowest BCUT2D eigenvalue weighted by molar-refractivity contribution is -0.384. The molecule has 1 atom stereocenters. The molecule has 0 aromatic heterocycles. The molecule has 5 heteroatoms. The summed E-state index contributed by atoms with van der Waals surface area (Å²) in [5.41, 5.74) is 4.75. The molecule has 1 unspecified atom stereocenters. The number of likely N-dealkylation sites (N-methyl/N-ethyl adjacent to an activating group) is 1. The van der Waals surface area contributed by atoms with E-state index < -0.39 is 5.72 Å². The first kappa shape index (κ1) is 16.6. The van der Waals surface area contributed by atoms with E-state index in [-0.39, 0.29) is 16.0 Å². The molecule has 26 heavy (non-hydrogen) atoms. The molecule has 0 saturated carbocycles. The fourth-order valence-corrected chi connectivity index (χ4v) is 4.45. The van der Waals surface area contributed by atoms with Crippen molar-refractivity contribution in [3.05, 3.63) is 68.8 Å². The van der Waals surface area contributed by atoms with Gasteiger partial charge in [-0.2, -0.15) is 0 Å². The summed E-state index contributed by atoms with van der Waals surface area (Å²) in [6.45, 7) is 8.62. The molecular weight excluding hydrogens is 328 g/mol. The van der Waals surface area contributed by atoms with Gasteiger partial charge in [0.15, 0.2) is 0 Å². The van der Waals surface area contributed by atoms with Gasteiger partial charge >= 0.3 is 0 Å². The van der Waals surface area contributed by atoms with Crippen LogP contribution in [0.4, 0.5) is 11.4 Å². The predicted octanol–water partition coefficient (Wildman–Crippen LogP) is 4.74. The van der Waals surface area contributed by atoms with Crippen molar-refractivity contribution in [2.75, 3.05) is 11.9 Å². The topological polar surface area (TPSA) is 55.6 Å². The van der Waals surface area contributed by atoms with E-state index in [9.17, 15) is 10.1 Å². The lowest BCUT2D eigenvalue weighted by Gasteiger charge is -2.45. The maximum absolute atomic E-state index is 11.0. The molecule has 4 rings (SSSR count). The van der Waals surface area contributed by atoms with E-state index in [1.807, 2.05) is 12.2 Å². The minimum atomic E-state index is -0.670. The molecule has 0 fully saturated rings. The summed E-state index contributed by atoms with van der Waals surface area (Å²) in [4.78, 5) is 12.9. The summed E-state index contributed by atoms with van der Waals surface area (Å²) in [5.74, 6) is 0.667. The van der Waals surface area contributed by atoms with Gasteiger partial charge in [-0.3, -0.25) is 10.1 Å². The molecule has 2 aliphatic rings. The second kappa shape index (κ2) is 5.10. The molecule has 1 spiro atoms. The smallest absolute Gasteiger partial charge is 0.270 e. The van der Waals surface area contributed by atoms with Crippen molar-refractivity contribution in [1.29, 1.82) is 0 Å². The summed E-state index contributed by atoms with van der Waals surface area (Å²) in [6, 6.07) is 9.17. The first-order valence-corrected chi connectivity index (χ1v) is 8.69. The van der Waals surface area contributed by atoms with E-state index in [0.717, 1.165) is 5.56 Å². The predicted molar refractivity (Wildman–Crippen MR) is 103 cm³/mol. The molecule has 0 aliphatic carbocycles. The number of hydrogen-bond donors (Lipinski definition) is 0. The van der Waals surface area contributed by atoms with Gasteiger partial charge in [0.1, 0.15) is 5.75 Å². The number of ether oxygens (including phenoxy) is 1. The summed E-state index contributed by atoms with van der Waals surface area (Å²) < 4.78 is 6.54. The van der Waals surface area contributed by atoms with E-state index in [1.54, 1.807) is 12.1 Å². The molecule has 0 bridgehead atoms. The van der Waals surface area contributed by atoms with Gasteiger partial charge in [-0.15, -0.1) is 0 Å². The van der Waals surface area contributed by atoms with Gasteiger partial charge in [0.2, 0.25) is 5.72 Å². The Bertz CT molecular complexity index is 977. The third-order valence-corrected chi connectivity index (χ3v) is 5.81. The van der Waals surface area contributed by atoms with Crippen molar-refractivity contribution in [1.82, 2.24) is 0 Å². The Labute approximate surface area is 153 Å². The largest absolute Gasteiger partial charge is 0.463 e. The Hall–Kier alpha value is -2.82. The molecule has 2 heterocycles. The third-order valence-electron chi connectivity index (χ3n) is 5.81. The van der Waals surface area contributed by atoms with Gasteiger partial charge in [0.05, 0.1) is 10.3 Å². The molecule has 0 amide bonds. The molecule has 2 aromatic rings. The lowest BCUT2D eigenvalue weighted by Crippen LogP contribution is -2.58. The van der Waals surface area contributed by atoms with Crippen LogP contribution in [0.25, 0.3) is 6.08 Å². The van der Waals surface area contributed by atoms with Crippen LogP contribution in [-0.2, 0) is 5.41 Å². The van der Waals surface area contributed by atoms with Gasteiger partial charge < -0.3 is 9.64 Å². The Balaban J connectivity index is 1.87. The molecule has 134 valence electrons. The maximum Gasteiger partial charge on any atom is 0.270 e. The van der Waals surface area contributed by atoms with Crippen molar-refractivity contribution in [2.24, 2.45) is 0 Å². The number of rotatable bonds is 1. The van der Waals surface area contributed by atoms with Crippen LogP contribution in [-0.4, -0.2) is 17.7 Å². The van der Waals surface area contributed by atoms with Crippen LogP contribution in [0, 0.1) is 24.0 Å². The van der Waals surface area contributed by atoms with Crippen LogP contribution in [0.3, 0.4) is 0 Å². The molecule has 2 aromatic carbocycles. The van der Waals surface area contributed by atoms with E-state index in [0.29, 0.717) is 5.75 Å². The fraction of sp³-hybridized carbons (Fsp3) is 0.333. The number of benzene rings is 2. The summed E-state index contributed by atoms with van der Waals surface area (Å²) in [7, 11) is 2.05. The van der Waals surface area contributed by atoms with Crippen molar-refractivity contribution < 1.29 is 9.66 Å². The van der Waals surface area contributed by atoms with Crippen LogP contribution in [0.15, 0.2) is 36.4 Å². The van der Waals surface area contributed by atoms with E-state index >= 15 is 0 Å². The van der Waals surface area contributed by atoms with Crippen molar-refractivity contribution in [3.8, 4) is 5.75 Å². The zero-order valence-corrected chi connectivity index (χ0v) is 15.7. The van der Waals surface area contributed by atoms with Crippen molar-refractivity contribution in [3.63, 3.8) is 0 Å². The average molecular weight is 350 g/mol. The average Bonchev–Trinajstić information content (AvgIpc) is 2.73. The number of nitrogens with zero attached hydrogens (tertiary/aromatic N) is 2. The number of nitro groups is 1. The minimum Gasteiger partial charge on any atom is -0.463 e. The molecule has 0 saturated heterocycles. The highest BCUT2D eigenvalue weighted by atomic mass is 16.6. The van der Waals surface area contributed by atoms with E-state index in [1.165, 1.54) is 28.4 Å². The normalized spacial score (nSPS) is 22.1. The standard InChI is InChI=1S/C21H22N2O3/c1-13-10-14(2)19-17(11-13)20(3,4)21(22(19)5)9-8-15-12-16(23(24)25)6-7-18(15)26-21/h6-12H,1-5H3. The van der Waals surface area contributed by atoms with Crippen molar-refractivity contribution >= 4 is 17.5 Å².